The number of rotatable bonds is 8. The summed E-state index contributed by atoms with van der Waals surface area (Å²) in [6, 6.07) is 0. The zero-order chi connectivity index (χ0) is 18.8. The number of carboxylic acids is 1. The molecule has 3 rings (SSSR count). The zero-order valence-electron chi connectivity index (χ0n) is 15.0. The molecule has 0 aromatic carbocycles. The largest absolute Gasteiger partial charge is 0.481 e. The van der Waals surface area contributed by atoms with Gasteiger partial charge in [0, 0.05) is 44.2 Å². The summed E-state index contributed by atoms with van der Waals surface area (Å²) in [7, 11) is 1.79. The van der Waals surface area contributed by atoms with Gasteiger partial charge in [0.05, 0.1) is 6.33 Å². The molecule has 2 N–H and O–H groups in total. The summed E-state index contributed by atoms with van der Waals surface area (Å²) in [4.78, 5) is 30.5. The van der Waals surface area contributed by atoms with E-state index in [1.165, 1.54) is 6.33 Å². The first-order valence-electron chi connectivity index (χ1n) is 8.63. The van der Waals surface area contributed by atoms with Crippen LogP contribution in [0, 0.1) is 0 Å². The molecular weight excluding hydrogens is 334 g/mol. The van der Waals surface area contributed by atoms with Gasteiger partial charge in [0.2, 0.25) is 0 Å². The van der Waals surface area contributed by atoms with E-state index in [4.69, 9.17) is 5.11 Å². The highest BCUT2D eigenvalue weighted by Crippen LogP contribution is 2.46. The Kier molecular flexibility index (Phi) is 4.92. The first-order valence-corrected chi connectivity index (χ1v) is 8.63. The van der Waals surface area contributed by atoms with E-state index in [2.05, 4.69) is 21.8 Å². The molecule has 0 spiro atoms. The molecular formula is C18H23N5O3. The molecule has 0 unspecified atom stereocenters. The van der Waals surface area contributed by atoms with E-state index < -0.39 is 5.97 Å². The van der Waals surface area contributed by atoms with E-state index in [9.17, 15) is 9.59 Å². The van der Waals surface area contributed by atoms with Crippen molar-refractivity contribution in [2.45, 2.75) is 45.1 Å². The summed E-state index contributed by atoms with van der Waals surface area (Å²) in [6.45, 7) is 5.96. The number of hydrogen-bond donors (Lipinski definition) is 2. The van der Waals surface area contributed by atoms with Crippen molar-refractivity contribution in [3.63, 3.8) is 0 Å². The molecule has 0 atom stereocenters. The van der Waals surface area contributed by atoms with Gasteiger partial charge in [-0.3, -0.25) is 14.6 Å². The number of aryl methyl sites for hydroxylation is 1. The number of nitrogens with one attached hydrogen (secondary N) is 1. The maximum atomic E-state index is 12.5. The van der Waals surface area contributed by atoms with Crippen LogP contribution in [0.1, 0.15) is 49.8 Å². The molecule has 8 nitrogen and oxygen atoms in total. The molecule has 1 aliphatic carbocycles. The zero-order valence-corrected chi connectivity index (χ0v) is 15.0. The molecule has 0 bridgehead atoms. The van der Waals surface area contributed by atoms with Crippen LogP contribution >= 0.6 is 0 Å². The lowest BCUT2D eigenvalue weighted by molar-refractivity contribution is -0.137. The normalized spacial score (nSPS) is 14.6. The Balaban J connectivity index is 2.20. The van der Waals surface area contributed by atoms with Crippen molar-refractivity contribution in [1.29, 1.82) is 0 Å². The fourth-order valence-electron chi connectivity index (χ4n) is 3.38. The number of allylic oxidation sites excluding steroid dienone is 1. The van der Waals surface area contributed by atoms with Crippen LogP contribution in [-0.2, 0) is 11.3 Å². The average molecular weight is 357 g/mol. The standard InChI is InChI=1S/C18H23N5O3/c1-11(9-22(3)19-2)14-15-17(18(26)21-10-20-15)23(8-4-5-13(24)25)16(14)12-6-7-12/h9-10,12H,2,4-8H2,1,3H3,(H,24,25)(H,20,21,26)/b11-9+. The second kappa shape index (κ2) is 7.15. The number of fused-ring (bicyclic) bond motifs is 1. The minimum absolute atomic E-state index is 0.0647. The van der Waals surface area contributed by atoms with Crippen molar-refractivity contribution in [3.05, 3.63) is 34.1 Å². The van der Waals surface area contributed by atoms with Crippen molar-refractivity contribution < 1.29 is 9.90 Å². The second-order valence-electron chi connectivity index (χ2n) is 6.64. The monoisotopic (exact) mass is 357 g/mol. The number of H-pyrrole nitrogens is 1. The smallest absolute Gasteiger partial charge is 0.303 e. The molecule has 0 aliphatic heterocycles. The Morgan fingerprint density at radius 3 is 2.92 bits per heavy atom. The Labute approximate surface area is 150 Å². The summed E-state index contributed by atoms with van der Waals surface area (Å²) in [5, 5.41) is 14.4. The Morgan fingerprint density at radius 1 is 1.58 bits per heavy atom. The number of nitrogens with zero attached hydrogens (tertiary/aromatic N) is 4. The third kappa shape index (κ3) is 3.40. The summed E-state index contributed by atoms with van der Waals surface area (Å²) >= 11 is 0. The first-order chi connectivity index (χ1) is 12.4. The highest BCUT2D eigenvalue weighted by molar-refractivity contribution is 5.91. The quantitative estimate of drug-likeness (QED) is 0.558. The van der Waals surface area contributed by atoms with Gasteiger partial charge in [-0.15, -0.1) is 0 Å². The van der Waals surface area contributed by atoms with E-state index in [1.807, 2.05) is 17.7 Å². The van der Waals surface area contributed by atoms with Gasteiger partial charge in [0.25, 0.3) is 5.56 Å². The van der Waals surface area contributed by atoms with E-state index in [0.717, 1.165) is 29.7 Å². The van der Waals surface area contributed by atoms with Gasteiger partial charge in [0.15, 0.2) is 0 Å². The van der Waals surface area contributed by atoms with E-state index in [0.29, 0.717) is 29.9 Å². The van der Waals surface area contributed by atoms with E-state index in [-0.39, 0.29) is 12.0 Å². The highest BCUT2D eigenvalue weighted by Gasteiger charge is 2.33. The summed E-state index contributed by atoms with van der Waals surface area (Å²) in [5.74, 6) is -0.467. The van der Waals surface area contributed by atoms with Crippen LogP contribution in [0.25, 0.3) is 16.6 Å². The van der Waals surface area contributed by atoms with Crippen LogP contribution in [0.2, 0.25) is 0 Å². The predicted octanol–water partition coefficient (Wildman–Crippen LogP) is 2.38. The summed E-state index contributed by atoms with van der Waals surface area (Å²) in [6.07, 6.45) is 5.91. The van der Waals surface area contributed by atoms with Crippen molar-refractivity contribution in [2.75, 3.05) is 7.05 Å². The lowest BCUT2D eigenvalue weighted by Gasteiger charge is -2.12. The number of aromatic amines is 1. The maximum Gasteiger partial charge on any atom is 0.303 e. The van der Waals surface area contributed by atoms with Gasteiger partial charge >= 0.3 is 5.97 Å². The molecule has 0 amide bonds. The molecule has 8 heteroatoms. The second-order valence-corrected chi connectivity index (χ2v) is 6.64. The van der Waals surface area contributed by atoms with Crippen LogP contribution < -0.4 is 5.56 Å². The van der Waals surface area contributed by atoms with Crippen LogP contribution in [0.15, 0.2) is 22.4 Å². The van der Waals surface area contributed by atoms with Crippen LogP contribution in [0.4, 0.5) is 0 Å². The van der Waals surface area contributed by atoms with Gasteiger partial charge < -0.3 is 14.7 Å². The minimum Gasteiger partial charge on any atom is -0.481 e. The third-order valence-electron chi connectivity index (χ3n) is 4.62. The summed E-state index contributed by atoms with van der Waals surface area (Å²) < 4.78 is 1.97. The molecule has 2 aromatic rings. The highest BCUT2D eigenvalue weighted by atomic mass is 16.4. The van der Waals surface area contributed by atoms with Crippen molar-refractivity contribution in [3.8, 4) is 0 Å². The van der Waals surface area contributed by atoms with Gasteiger partial charge in [-0.2, -0.15) is 5.10 Å². The van der Waals surface area contributed by atoms with Crippen molar-refractivity contribution in [2.24, 2.45) is 5.10 Å². The number of aromatic nitrogens is 3. The Hall–Kier alpha value is -2.90. The topological polar surface area (TPSA) is 104 Å². The molecule has 0 radical (unpaired) electrons. The number of hydrogen-bond acceptors (Lipinski definition) is 5. The van der Waals surface area contributed by atoms with Gasteiger partial charge in [-0.05, 0) is 37.7 Å². The number of hydrazone groups is 1. The van der Waals surface area contributed by atoms with Gasteiger partial charge in [-0.1, -0.05) is 0 Å². The molecule has 26 heavy (non-hydrogen) atoms. The molecule has 1 saturated carbocycles. The van der Waals surface area contributed by atoms with Crippen molar-refractivity contribution >= 4 is 29.3 Å². The summed E-state index contributed by atoms with van der Waals surface area (Å²) in [5.41, 5.74) is 3.91. The van der Waals surface area contributed by atoms with Gasteiger partial charge in [0.1, 0.15) is 11.0 Å². The Morgan fingerprint density at radius 2 is 2.31 bits per heavy atom. The van der Waals surface area contributed by atoms with Crippen LogP contribution in [-0.4, -0.2) is 44.4 Å². The number of carbonyl (C=O) groups is 1. The fraction of sp³-hybridized carbons (Fsp3) is 0.444. The SMILES string of the molecule is C=NN(C)/C=C(\C)c1c(C2CC2)n(CCCC(=O)O)c2c(=O)[nH]cnc12. The number of carboxylic acid groups (broad SMARTS) is 1. The van der Waals surface area contributed by atoms with Crippen LogP contribution in [0.3, 0.4) is 0 Å². The first kappa shape index (κ1) is 17.9. The average Bonchev–Trinajstić information content (AvgIpc) is 3.37. The molecule has 138 valence electrons. The lowest BCUT2D eigenvalue weighted by Crippen LogP contribution is -2.13. The van der Waals surface area contributed by atoms with Crippen molar-refractivity contribution in [1.82, 2.24) is 19.5 Å². The molecule has 1 aliphatic rings. The molecule has 2 aromatic heterocycles. The minimum atomic E-state index is -0.837. The lowest BCUT2D eigenvalue weighted by atomic mass is 10.0. The third-order valence-corrected chi connectivity index (χ3v) is 4.62. The van der Waals surface area contributed by atoms with E-state index in [1.54, 1.807) is 12.1 Å². The molecule has 0 saturated heterocycles. The van der Waals surface area contributed by atoms with E-state index >= 15 is 0 Å². The number of aliphatic carboxylic acids is 1. The molecule has 2 heterocycles. The molecule has 1 fully saturated rings. The maximum absolute atomic E-state index is 12.5. The Bertz CT molecular complexity index is 936. The van der Waals surface area contributed by atoms with Gasteiger partial charge in [-0.25, -0.2) is 4.98 Å². The fourth-order valence-corrected chi connectivity index (χ4v) is 3.38. The van der Waals surface area contributed by atoms with Crippen LogP contribution in [0.5, 0.6) is 0 Å². The predicted molar refractivity (Wildman–Crippen MR) is 100 cm³/mol.